The monoisotopic (exact) mass is 245 g/mol. The minimum absolute atomic E-state index is 0.265. The Hall–Kier alpha value is -1.15. The molecule has 1 aliphatic carbocycles. The zero-order valence-corrected chi connectivity index (χ0v) is 11.5. The van der Waals surface area contributed by atoms with Crippen molar-refractivity contribution in [3.05, 3.63) is 35.4 Å². The molecule has 0 N–H and O–H groups in total. The van der Waals surface area contributed by atoms with E-state index in [1.807, 2.05) is 31.2 Å². The van der Waals surface area contributed by atoms with E-state index < -0.39 is 0 Å². The summed E-state index contributed by atoms with van der Waals surface area (Å²) in [5, 5.41) is 0. The van der Waals surface area contributed by atoms with Gasteiger partial charge in [0.15, 0.2) is 5.78 Å². The first-order valence-electron chi connectivity index (χ1n) is 7.04. The second-order valence-electron chi connectivity index (χ2n) is 5.35. The second-order valence-corrected chi connectivity index (χ2v) is 5.35. The van der Waals surface area contributed by atoms with Crippen LogP contribution in [-0.2, 0) is 0 Å². The standard InChI is InChI=1S/C16H23NO/c1-3-4-10-17(15-8-9-15)12-16(18)14-7-5-6-13(2)11-14/h5-7,11,15H,3-4,8-10,12H2,1-2H3. The number of benzene rings is 1. The Labute approximate surface area is 110 Å². The van der Waals surface area contributed by atoms with Crippen molar-refractivity contribution in [3.63, 3.8) is 0 Å². The summed E-state index contributed by atoms with van der Waals surface area (Å²) < 4.78 is 0. The van der Waals surface area contributed by atoms with Gasteiger partial charge in [-0.25, -0.2) is 0 Å². The zero-order valence-electron chi connectivity index (χ0n) is 11.5. The Morgan fingerprint density at radius 1 is 1.39 bits per heavy atom. The maximum absolute atomic E-state index is 12.3. The van der Waals surface area contributed by atoms with Crippen molar-refractivity contribution in [2.75, 3.05) is 13.1 Å². The molecule has 1 aliphatic rings. The van der Waals surface area contributed by atoms with Crippen LogP contribution in [0.3, 0.4) is 0 Å². The molecule has 2 nitrogen and oxygen atoms in total. The first kappa shape index (κ1) is 13.3. The van der Waals surface area contributed by atoms with E-state index in [0.29, 0.717) is 12.6 Å². The van der Waals surface area contributed by atoms with Crippen LogP contribution in [0, 0.1) is 6.92 Å². The van der Waals surface area contributed by atoms with Gasteiger partial charge in [0.05, 0.1) is 6.54 Å². The number of nitrogens with zero attached hydrogens (tertiary/aromatic N) is 1. The van der Waals surface area contributed by atoms with Crippen LogP contribution in [0.4, 0.5) is 0 Å². The van der Waals surface area contributed by atoms with Gasteiger partial charge in [0, 0.05) is 11.6 Å². The van der Waals surface area contributed by atoms with Crippen LogP contribution < -0.4 is 0 Å². The fourth-order valence-corrected chi connectivity index (χ4v) is 2.29. The first-order valence-corrected chi connectivity index (χ1v) is 7.04. The highest BCUT2D eigenvalue weighted by molar-refractivity contribution is 5.97. The van der Waals surface area contributed by atoms with Gasteiger partial charge in [0.25, 0.3) is 0 Å². The predicted octanol–water partition coefficient (Wildman–Crippen LogP) is 3.44. The number of hydrogen-bond acceptors (Lipinski definition) is 2. The van der Waals surface area contributed by atoms with Crippen LogP contribution in [0.2, 0.25) is 0 Å². The molecule has 2 heteroatoms. The third-order valence-corrected chi connectivity index (χ3v) is 3.55. The molecule has 0 atom stereocenters. The van der Waals surface area contributed by atoms with Crippen molar-refractivity contribution < 1.29 is 4.79 Å². The zero-order chi connectivity index (χ0) is 13.0. The fourth-order valence-electron chi connectivity index (χ4n) is 2.29. The number of Topliss-reactive ketones (excluding diaryl/α,β-unsaturated/α-hetero) is 1. The lowest BCUT2D eigenvalue weighted by Crippen LogP contribution is -2.32. The van der Waals surface area contributed by atoms with Crippen molar-refractivity contribution in [2.45, 2.75) is 45.6 Å². The normalized spacial score (nSPS) is 15.1. The summed E-state index contributed by atoms with van der Waals surface area (Å²) in [6, 6.07) is 8.60. The molecule has 2 rings (SSSR count). The number of carbonyl (C=O) groups is 1. The smallest absolute Gasteiger partial charge is 0.176 e. The van der Waals surface area contributed by atoms with Gasteiger partial charge in [-0.3, -0.25) is 9.69 Å². The summed E-state index contributed by atoms with van der Waals surface area (Å²) in [4.78, 5) is 14.6. The average Bonchev–Trinajstić information content (AvgIpc) is 3.18. The van der Waals surface area contributed by atoms with E-state index in [2.05, 4.69) is 11.8 Å². The van der Waals surface area contributed by atoms with Crippen molar-refractivity contribution >= 4 is 5.78 Å². The Kier molecular flexibility index (Phi) is 4.54. The van der Waals surface area contributed by atoms with Gasteiger partial charge in [0.2, 0.25) is 0 Å². The van der Waals surface area contributed by atoms with Crippen LogP contribution in [0.25, 0.3) is 0 Å². The third-order valence-electron chi connectivity index (χ3n) is 3.55. The minimum Gasteiger partial charge on any atom is -0.293 e. The lowest BCUT2D eigenvalue weighted by Gasteiger charge is -2.20. The average molecular weight is 245 g/mol. The van der Waals surface area contributed by atoms with E-state index >= 15 is 0 Å². The van der Waals surface area contributed by atoms with Gasteiger partial charge < -0.3 is 0 Å². The Balaban J connectivity index is 1.95. The maximum Gasteiger partial charge on any atom is 0.176 e. The molecular formula is C16H23NO. The molecule has 0 unspecified atom stereocenters. The van der Waals surface area contributed by atoms with Crippen LogP contribution in [0.15, 0.2) is 24.3 Å². The fraction of sp³-hybridized carbons (Fsp3) is 0.562. The van der Waals surface area contributed by atoms with E-state index in [-0.39, 0.29) is 5.78 Å². The Morgan fingerprint density at radius 3 is 2.78 bits per heavy atom. The largest absolute Gasteiger partial charge is 0.293 e. The van der Waals surface area contributed by atoms with E-state index in [0.717, 1.165) is 17.7 Å². The molecule has 98 valence electrons. The highest BCUT2D eigenvalue weighted by atomic mass is 16.1. The molecule has 0 spiro atoms. The van der Waals surface area contributed by atoms with Crippen LogP contribution in [-0.4, -0.2) is 29.8 Å². The summed E-state index contributed by atoms with van der Waals surface area (Å²) in [5.74, 6) is 0.265. The highest BCUT2D eigenvalue weighted by Crippen LogP contribution is 2.27. The number of hydrogen-bond donors (Lipinski definition) is 0. The molecule has 1 aromatic rings. The second kappa shape index (κ2) is 6.14. The molecule has 0 aromatic heterocycles. The SMILES string of the molecule is CCCCN(CC(=O)c1cccc(C)c1)C1CC1. The van der Waals surface area contributed by atoms with Crippen LogP contribution in [0.5, 0.6) is 0 Å². The summed E-state index contributed by atoms with van der Waals surface area (Å²) in [7, 11) is 0. The minimum atomic E-state index is 0.265. The molecule has 0 saturated heterocycles. The Bertz CT molecular complexity index is 409. The van der Waals surface area contributed by atoms with Gasteiger partial charge in [0.1, 0.15) is 0 Å². The van der Waals surface area contributed by atoms with E-state index in [4.69, 9.17) is 0 Å². The number of rotatable bonds is 7. The van der Waals surface area contributed by atoms with Crippen LogP contribution in [0.1, 0.15) is 48.5 Å². The summed E-state index contributed by atoms with van der Waals surface area (Å²) >= 11 is 0. The number of aryl methyl sites for hydroxylation is 1. The lowest BCUT2D eigenvalue weighted by molar-refractivity contribution is 0.0923. The number of ketones is 1. The maximum atomic E-state index is 12.3. The molecule has 0 heterocycles. The van der Waals surface area contributed by atoms with E-state index in [1.165, 1.54) is 25.7 Å². The summed E-state index contributed by atoms with van der Waals surface area (Å²) in [6.07, 6.45) is 4.93. The van der Waals surface area contributed by atoms with Gasteiger partial charge in [-0.05, 0) is 38.8 Å². The van der Waals surface area contributed by atoms with Crippen LogP contribution >= 0.6 is 0 Å². The quantitative estimate of drug-likeness (QED) is 0.686. The molecule has 0 radical (unpaired) electrons. The molecule has 1 aromatic carbocycles. The van der Waals surface area contributed by atoms with E-state index in [9.17, 15) is 4.79 Å². The Morgan fingerprint density at radius 2 is 2.17 bits per heavy atom. The molecule has 0 bridgehead atoms. The first-order chi connectivity index (χ1) is 8.70. The van der Waals surface area contributed by atoms with Crippen molar-refractivity contribution in [1.29, 1.82) is 0 Å². The lowest BCUT2D eigenvalue weighted by atomic mass is 10.1. The molecule has 0 aliphatic heterocycles. The topological polar surface area (TPSA) is 20.3 Å². The van der Waals surface area contributed by atoms with Gasteiger partial charge in [-0.15, -0.1) is 0 Å². The molecule has 0 amide bonds. The van der Waals surface area contributed by atoms with Gasteiger partial charge in [-0.2, -0.15) is 0 Å². The third kappa shape index (κ3) is 3.67. The van der Waals surface area contributed by atoms with Gasteiger partial charge >= 0.3 is 0 Å². The van der Waals surface area contributed by atoms with Crippen molar-refractivity contribution in [3.8, 4) is 0 Å². The summed E-state index contributed by atoms with van der Waals surface area (Å²) in [5.41, 5.74) is 2.02. The number of carbonyl (C=O) groups excluding carboxylic acids is 1. The molecular weight excluding hydrogens is 222 g/mol. The van der Waals surface area contributed by atoms with E-state index in [1.54, 1.807) is 0 Å². The molecule has 1 fully saturated rings. The molecule has 1 saturated carbocycles. The summed E-state index contributed by atoms with van der Waals surface area (Å²) in [6.45, 7) is 5.90. The molecule has 18 heavy (non-hydrogen) atoms. The number of unbranched alkanes of at least 4 members (excludes halogenated alkanes) is 1. The predicted molar refractivity (Wildman–Crippen MR) is 75.0 cm³/mol. The van der Waals surface area contributed by atoms with Gasteiger partial charge in [-0.1, -0.05) is 37.1 Å². The highest BCUT2D eigenvalue weighted by Gasteiger charge is 2.29. The van der Waals surface area contributed by atoms with Crippen molar-refractivity contribution in [1.82, 2.24) is 4.90 Å². The van der Waals surface area contributed by atoms with Crippen molar-refractivity contribution in [2.24, 2.45) is 0 Å².